The molecule has 0 aliphatic rings. The zero-order valence-corrected chi connectivity index (χ0v) is 14.8. The summed E-state index contributed by atoms with van der Waals surface area (Å²) in [5, 5.41) is 10.5. The van der Waals surface area contributed by atoms with Crippen molar-refractivity contribution in [2.75, 3.05) is 5.32 Å². The Labute approximate surface area is 157 Å². The fraction of sp³-hybridized carbons (Fsp3) is 0.0526. The molecule has 1 amide bonds. The van der Waals surface area contributed by atoms with E-state index >= 15 is 0 Å². The molecule has 3 N–H and O–H groups in total. The average molecular weight is 387 g/mol. The van der Waals surface area contributed by atoms with E-state index in [2.05, 4.69) is 20.5 Å². The number of halogens is 3. The lowest BCUT2D eigenvalue weighted by molar-refractivity contribution is 0.102. The smallest absolute Gasteiger partial charge is 0.273 e. The van der Waals surface area contributed by atoms with E-state index in [1.807, 2.05) is 19.1 Å². The lowest BCUT2D eigenvalue weighted by Crippen LogP contribution is -2.12. The molecule has 0 aliphatic heterocycles. The molecule has 0 fully saturated rings. The summed E-state index contributed by atoms with van der Waals surface area (Å²) < 4.78 is 26.8. The minimum atomic E-state index is -0.987. The van der Waals surface area contributed by atoms with Gasteiger partial charge in [-0.15, -0.1) is 0 Å². The number of amides is 1. The van der Waals surface area contributed by atoms with Crippen LogP contribution in [0.2, 0.25) is 5.02 Å². The third-order valence-corrected chi connectivity index (χ3v) is 4.67. The first-order valence-electron chi connectivity index (χ1n) is 8.02. The summed E-state index contributed by atoms with van der Waals surface area (Å²) in [6.45, 7) is 1.88. The molecule has 8 heteroatoms. The SMILES string of the molecule is Cc1cc(-c2cc(C(=O)Nc3c[nH]c4cc(F)c(F)cc34)[nH]n2)ccc1Cl. The molecular weight excluding hydrogens is 374 g/mol. The number of nitrogens with one attached hydrogen (secondary N) is 3. The Morgan fingerprint density at radius 3 is 2.70 bits per heavy atom. The molecule has 2 heterocycles. The summed E-state index contributed by atoms with van der Waals surface area (Å²) in [6, 6.07) is 9.12. The average Bonchev–Trinajstić information content (AvgIpc) is 3.26. The predicted molar refractivity (Wildman–Crippen MR) is 99.9 cm³/mol. The maximum Gasteiger partial charge on any atom is 0.273 e. The lowest BCUT2D eigenvalue weighted by Gasteiger charge is -2.02. The summed E-state index contributed by atoms with van der Waals surface area (Å²) in [4.78, 5) is 15.3. The quantitative estimate of drug-likeness (QED) is 0.461. The number of aryl methyl sites for hydroxylation is 1. The highest BCUT2D eigenvalue weighted by Crippen LogP contribution is 2.27. The molecule has 0 atom stereocenters. The minimum Gasteiger partial charge on any atom is -0.359 e. The summed E-state index contributed by atoms with van der Waals surface area (Å²) in [7, 11) is 0. The molecular formula is C19H13ClF2N4O. The molecule has 136 valence electrons. The molecule has 5 nitrogen and oxygen atoms in total. The van der Waals surface area contributed by atoms with Crippen molar-refractivity contribution in [3.05, 3.63) is 70.5 Å². The monoisotopic (exact) mass is 386 g/mol. The number of H-pyrrole nitrogens is 2. The highest BCUT2D eigenvalue weighted by molar-refractivity contribution is 6.31. The van der Waals surface area contributed by atoms with Crippen molar-refractivity contribution in [1.82, 2.24) is 15.2 Å². The van der Waals surface area contributed by atoms with E-state index in [0.717, 1.165) is 23.3 Å². The number of hydrogen-bond donors (Lipinski definition) is 3. The van der Waals surface area contributed by atoms with Crippen LogP contribution in [-0.2, 0) is 0 Å². The van der Waals surface area contributed by atoms with Gasteiger partial charge in [0, 0.05) is 28.2 Å². The van der Waals surface area contributed by atoms with E-state index in [4.69, 9.17) is 11.6 Å². The first-order chi connectivity index (χ1) is 12.9. The first-order valence-corrected chi connectivity index (χ1v) is 8.39. The maximum absolute atomic E-state index is 13.5. The van der Waals surface area contributed by atoms with E-state index in [1.165, 1.54) is 6.20 Å². The third-order valence-electron chi connectivity index (χ3n) is 4.25. The molecule has 0 unspecified atom stereocenters. The molecule has 0 bridgehead atoms. The number of aromatic amines is 2. The Bertz CT molecular complexity index is 1180. The third kappa shape index (κ3) is 3.17. The standard InChI is InChI=1S/C19H13ClF2N4O/c1-9-4-10(2-3-12(9)20)15-7-17(26-25-15)19(27)24-18-8-23-16-6-14(22)13(21)5-11(16)18/h2-8,23H,1H3,(H,24,27)(H,25,26). The number of aromatic nitrogens is 3. The van der Waals surface area contributed by atoms with Gasteiger partial charge in [0.2, 0.25) is 0 Å². The molecule has 2 aromatic heterocycles. The molecule has 4 rings (SSSR count). The van der Waals surface area contributed by atoms with Gasteiger partial charge in [-0.3, -0.25) is 9.89 Å². The van der Waals surface area contributed by atoms with Crippen LogP contribution in [0, 0.1) is 18.6 Å². The van der Waals surface area contributed by atoms with Gasteiger partial charge in [-0.25, -0.2) is 8.78 Å². The minimum absolute atomic E-state index is 0.231. The van der Waals surface area contributed by atoms with Crippen LogP contribution in [0.1, 0.15) is 16.1 Å². The Morgan fingerprint density at radius 1 is 1.15 bits per heavy atom. The molecule has 27 heavy (non-hydrogen) atoms. The van der Waals surface area contributed by atoms with Gasteiger partial charge < -0.3 is 10.3 Å². The van der Waals surface area contributed by atoms with Crippen LogP contribution in [0.15, 0.2) is 42.6 Å². The van der Waals surface area contributed by atoms with Crippen molar-refractivity contribution in [2.45, 2.75) is 6.92 Å². The van der Waals surface area contributed by atoms with Gasteiger partial charge in [0.25, 0.3) is 5.91 Å². The van der Waals surface area contributed by atoms with Gasteiger partial charge >= 0.3 is 0 Å². The van der Waals surface area contributed by atoms with Crippen LogP contribution in [0.3, 0.4) is 0 Å². The molecule has 0 spiro atoms. The van der Waals surface area contributed by atoms with Gasteiger partial charge in [-0.1, -0.05) is 17.7 Å². The Kier molecular flexibility index (Phi) is 4.16. The van der Waals surface area contributed by atoms with Crippen molar-refractivity contribution >= 4 is 34.1 Å². The summed E-state index contributed by atoms with van der Waals surface area (Å²) in [6.07, 6.45) is 1.47. The van der Waals surface area contributed by atoms with Gasteiger partial charge in [-0.05, 0) is 36.8 Å². The second-order valence-corrected chi connectivity index (χ2v) is 6.51. The molecule has 0 saturated heterocycles. The maximum atomic E-state index is 13.5. The lowest BCUT2D eigenvalue weighted by atomic mass is 10.1. The number of carbonyl (C=O) groups excluding carboxylic acids is 1. The fourth-order valence-electron chi connectivity index (χ4n) is 2.80. The molecule has 0 aliphatic carbocycles. The van der Waals surface area contributed by atoms with Crippen molar-refractivity contribution in [1.29, 1.82) is 0 Å². The van der Waals surface area contributed by atoms with E-state index < -0.39 is 17.5 Å². The van der Waals surface area contributed by atoms with Gasteiger partial charge in [-0.2, -0.15) is 5.10 Å². The summed E-state index contributed by atoms with van der Waals surface area (Å²) in [5.41, 5.74) is 3.26. The van der Waals surface area contributed by atoms with E-state index in [9.17, 15) is 13.6 Å². The van der Waals surface area contributed by atoms with E-state index in [1.54, 1.807) is 12.1 Å². The molecule has 4 aromatic rings. The zero-order valence-electron chi connectivity index (χ0n) is 14.0. The highest BCUT2D eigenvalue weighted by atomic mass is 35.5. The van der Waals surface area contributed by atoms with Crippen LogP contribution in [0.5, 0.6) is 0 Å². The zero-order chi connectivity index (χ0) is 19.1. The molecule has 0 radical (unpaired) electrons. The number of rotatable bonds is 3. The largest absolute Gasteiger partial charge is 0.359 e. The van der Waals surface area contributed by atoms with Gasteiger partial charge in [0.15, 0.2) is 11.6 Å². The van der Waals surface area contributed by atoms with E-state index in [-0.39, 0.29) is 5.69 Å². The van der Waals surface area contributed by atoms with Crippen molar-refractivity contribution in [3.8, 4) is 11.3 Å². The number of nitrogens with zero attached hydrogens (tertiary/aromatic N) is 1. The van der Waals surface area contributed by atoms with E-state index in [0.29, 0.717) is 27.3 Å². The predicted octanol–water partition coefficient (Wildman–Crippen LogP) is 5.05. The van der Waals surface area contributed by atoms with Crippen LogP contribution in [0.4, 0.5) is 14.5 Å². The van der Waals surface area contributed by atoms with Crippen molar-refractivity contribution < 1.29 is 13.6 Å². The summed E-state index contributed by atoms with van der Waals surface area (Å²) in [5.74, 6) is -2.40. The highest BCUT2D eigenvalue weighted by Gasteiger charge is 2.15. The Morgan fingerprint density at radius 2 is 1.93 bits per heavy atom. The number of fused-ring (bicyclic) bond motifs is 1. The van der Waals surface area contributed by atoms with Crippen molar-refractivity contribution in [2.24, 2.45) is 0 Å². The van der Waals surface area contributed by atoms with Crippen LogP contribution < -0.4 is 5.32 Å². The summed E-state index contributed by atoms with van der Waals surface area (Å²) >= 11 is 6.03. The second-order valence-electron chi connectivity index (χ2n) is 6.10. The first kappa shape index (κ1) is 17.2. The van der Waals surface area contributed by atoms with Gasteiger partial charge in [0.1, 0.15) is 5.69 Å². The van der Waals surface area contributed by atoms with Crippen LogP contribution >= 0.6 is 11.6 Å². The Hall–Kier alpha value is -3.19. The number of anilines is 1. The molecule has 0 saturated carbocycles. The Balaban J connectivity index is 1.60. The van der Waals surface area contributed by atoms with Crippen LogP contribution in [-0.4, -0.2) is 21.1 Å². The number of benzene rings is 2. The molecule has 2 aromatic carbocycles. The van der Waals surface area contributed by atoms with Crippen LogP contribution in [0.25, 0.3) is 22.2 Å². The topological polar surface area (TPSA) is 73.6 Å². The van der Waals surface area contributed by atoms with Gasteiger partial charge in [0.05, 0.1) is 16.9 Å². The van der Waals surface area contributed by atoms with Crippen molar-refractivity contribution in [3.63, 3.8) is 0 Å². The fourth-order valence-corrected chi connectivity index (χ4v) is 2.92. The number of hydrogen-bond acceptors (Lipinski definition) is 2. The number of carbonyl (C=O) groups is 1. The normalized spacial score (nSPS) is 11.1. The second kappa shape index (κ2) is 6.51.